The summed E-state index contributed by atoms with van der Waals surface area (Å²) in [5.41, 5.74) is 0.476. The molecule has 0 N–H and O–H groups in total. The van der Waals surface area contributed by atoms with Gasteiger partial charge in [-0.25, -0.2) is 9.67 Å². The molecule has 0 aliphatic carbocycles. The van der Waals surface area contributed by atoms with Gasteiger partial charge in [0.2, 0.25) is 0 Å². The highest BCUT2D eigenvalue weighted by Gasteiger charge is 2.10. The average Bonchev–Trinajstić information content (AvgIpc) is 2.94. The molecule has 1 aromatic heterocycles. The molecular formula is C17H31N5. The first-order valence-electron chi connectivity index (χ1n) is 8.06. The number of aliphatic imine (C=N–C) groups is 1. The van der Waals surface area contributed by atoms with Crippen LogP contribution in [0.3, 0.4) is 0 Å². The lowest BCUT2D eigenvalue weighted by Crippen LogP contribution is -2.30. The van der Waals surface area contributed by atoms with Crippen LogP contribution in [-0.2, 0) is 7.05 Å². The van der Waals surface area contributed by atoms with Crippen molar-refractivity contribution in [2.45, 2.75) is 48.0 Å². The Labute approximate surface area is 136 Å². The molecule has 0 saturated heterocycles. The first-order chi connectivity index (χ1) is 10.7. The van der Waals surface area contributed by atoms with Gasteiger partial charge in [0.1, 0.15) is 17.5 Å². The summed E-state index contributed by atoms with van der Waals surface area (Å²) in [5, 5.41) is 13.0. The molecule has 22 heavy (non-hydrogen) atoms. The summed E-state index contributed by atoms with van der Waals surface area (Å²) in [5.74, 6) is 1.35. The summed E-state index contributed by atoms with van der Waals surface area (Å²) in [6.45, 7) is 17.8. The molecule has 5 heteroatoms. The maximum atomic E-state index is 9.00. The molecule has 0 amide bonds. The summed E-state index contributed by atoms with van der Waals surface area (Å²) >= 11 is 0. The third-order valence-corrected chi connectivity index (χ3v) is 2.63. The van der Waals surface area contributed by atoms with Crippen LogP contribution in [0.4, 0.5) is 5.82 Å². The molecular weight excluding hydrogens is 274 g/mol. The van der Waals surface area contributed by atoms with E-state index in [0.29, 0.717) is 11.4 Å². The maximum Gasteiger partial charge on any atom is 0.170 e. The van der Waals surface area contributed by atoms with Crippen LogP contribution in [0, 0.1) is 11.3 Å². The average molecular weight is 305 g/mol. The molecule has 0 aliphatic heterocycles. The summed E-state index contributed by atoms with van der Waals surface area (Å²) in [6, 6.07) is 2.09. The highest BCUT2D eigenvalue weighted by Crippen LogP contribution is 2.17. The Balaban J connectivity index is 0. The lowest BCUT2D eigenvalue weighted by Gasteiger charge is -2.21. The largest absolute Gasteiger partial charge is 0.357 e. The van der Waals surface area contributed by atoms with E-state index < -0.39 is 0 Å². The number of amidine groups is 1. The van der Waals surface area contributed by atoms with Gasteiger partial charge >= 0.3 is 0 Å². The van der Waals surface area contributed by atoms with Crippen molar-refractivity contribution >= 4 is 11.7 Å². The number of nitrogens with zero attached hydrogens (tertiary/aromatic N) is 5. The lowest BCUT2D eigenvalue weighted by molar-refractivity contribution is 0.441. The van der Waals surface area contributed by atoms with E-state index in [1.807, 2.05) is 27.7 Å². The Morgan fingerprint density at radius 1 is 1.41 bits per heavy atom. The van der Waals surface area contributed by atoms with Crippen LogP contribution < -0.4 is 0 Å². The molecule has 5 nitrogen and oxygen atoms in total. The van der Waals surface area contributed by atoms with Crippen LogP contribution in [0.1, 0.15) is 53.5 Å². The predicted octanol–water partition coefficient (Wildman–Crippen LogP) is 4.29. The zero-order chi connectivity index (χ0) is 17.5. The van der Waals surface area contributed by atoms with E-state index >= 15 is 0 Å². The van der Waals surface area contributed by atoms with Crippen molar-refractivity contribution in [2.24, 2.45) is 12.0 Å². The molecule has 0 spiro atoms. The third kappa shape index (κ3) is 6.57. The van der Waals surface area contributed by atoms with Gasteiger partial charge in [-0.15, -0.1) is 0 Å². The van der Waals surface area contributed by atoms with Crippen molar-refractivity contribution in [3.05, 3.63) is 24.4 Å². The van der Waals surface area contributed by atoms with E-state index in [0.717, 1.165) is 25.3 Å². The fourth-order valence-electron chi connectivity index (χ4n) is 1.70. The second kappa shape index (κ2) is 13.9. The van der Waals surface area contributed by atoms with E-state index in [4.69, 9.17) is 5.26 Å². The number of hydrogen-bond donors (Lipinski definition) is 0. The van der Waals surface area contributed by atoms with Crippen LogP contribution in [0.15, 0.2) is 23.8 Å². The molecule has 1 rings (SSSR count). The van der Waals surface area contributed by atoms with Crippen LogP contribution in [0.5, 0.6) is 0 Å². The van der Waals surface area contributed by atoms with Crippen LogP contribution >= 0.6 is 0 Å². The van der Waals surface area contributed by atoms with E-state index in [-0.39, 0.29) is 0 Å². The van der Waals surface area contributed by atoms with Crippen molar-refractivity contribution in [1.29, 1.82) is 5.26 Å². The summed E-state index contributed by atoms with van der Waals surface area (Å²) in [7, 11) is 1.77. The topological polar surface area (TPSA) is 57.2 Å². The minimum Gasteiger partial charge on any atom is -0.357 e. The van der Waals surface area contributed by atoms with Gasteiger partial charge in [0.05, 0.1) is 6.20 Å². The zero-order valence-corrected chi connectivity index (χ0v) is 15.2. The first-order valence-corrected chi connectivity index (χ1v) is 8.06. The van der Waals surface area contributed by atoms with Gasteiger partial charge in [-0.1, -0.05) is 41.2 Å². The maximum absolute atomic E-state index is 9.00. The highest BCUT2D eigenvalue weighted by molar-refractivity contribution is 5.94. The molecule has 1 heterocycles. The van der Waals surface area contributed by atoms with Gasteiger partial charge < -0.3 is 4.90 Å². The number of rotatable bonds is 5. The molecule has 0 aromatic carbocycles. The Hall–Kier alpha value is -2.09. The smallest absolute Gasteiger partial charge is 0.170 e. The van der Waals surface area contributed by atoms with Gasteiger partial charge in [-0.2, -0.15) is 10.4 Å². The third-order valence-electron chi connectivity index (χ3n) is 2.63. The van der Waals surface area contributed by atoms with Crippen molar-refractivity contribution in [1.82, 2.24) is 14.7 Å². The standard InChI is InChI=1S/C13H19N5.2C2H6/c1-5-8-18(7-3)12(6-2)16-13-11(9-14)10-15-17(13)4;2*1-2/h6,10H,2,5,7-8H2,1,3-4H3;2*1-2H3/b16-12+;;. The fourth-order valence-corrected chi connectivity index (χ4v) is 1.70. The van der Waals surface area contributed by atoms with Gasteiger partial charge in [-0.05, 0) is 19.4 Å². The second-order valence-electron chi connectivity index (χ2n) is 3.87. The molecule has 0 atom stereocenters. The van der Waals surface area contributed by atoms with Crippen molar-refractivity contribution in [3.63, 3.8) is 0 Å². The lowest BCUT2D eigenvalue weighted by atomic mass is 10.3. The normalized spacial score (nSPS) is 9.64. The van der Waals surface area contributed by atoms with E-state index in [9.17, 15) is 0 Å². The van der Waals surface area contributed by atoms with Gasteiger partial charge in [0.25, 0.3) is 0 Å². The Morgan fingerprint density at radius 2 is 2.00 bits per heavy atom. The Kier molecular flexibility index (Phi) is 14.0. The summed E-state index contributed by atoms with van der Waals surface area (Å²) < 4.78 is 1.60. The van der Waals surface area contributed by atoms with Crippen LogP contribution in [-0.4, -0.2) is 33.6 Å². The van der Waals surface area contributed by atoms with Gasteiger partial charge in [-0.3, -0.25) is 0 Å². The van der Waals surface area contributed by atoms with Crippen molar-refractivity contribution in [2.75, 3.05) is 13.1 Å². The van der Waals surface area contributed by atoms with Crippen LogP contribution in [0.2, 0.25) is 0 Å². The van der Waals surface area contributed by atoms with E-state index in [2.05, 4.69) is 41.5 Å². The monoisotopic (exact) mass is 305 g/mol. The molecule has 0 unspecified atom stereocenters. The molecule has 0 fully saturated rings. The predicted molar refractivity (Wildman–Crippen MR) is 95.4 cm³/mol. The minimum absolute atomic E-state index is 0.476. The number of hydrogen-bond acceptors (Lipinski definition) is 3. The second-order valence-corrected chi connectivity index (χ2v) is 3.87. The Bertz CT molecular complexity index is 480. The van der Waals surface area contributed by atoms with E-state index in [1.54, 1.807) is 17.8 Å². The number of likely N-dealkylation sites (N-methyl/N-ethyl adjacent to an activating group) is 1. The molecule has 124 valence electrons. The van der Waals surface area contributed by atoms with Gasteiger partial charge in [0.15, 0.2) is 5.82 Å². The molecule has 0 radical (unpaired) electrons. The molecule has 0 bridgehead atoms. The van der Waals surface area contributed by atoms with Gasteiger partial charge in [0, 0.05) is 20.1 Å². The van der Waals surface area contributed by atoms with Crippen molar-refractivity contribution < 1.29 is 0 Å². The molecule has 0 aliphatic rings. The summed E-state index contributed by atoms with van der Waals surface area (Å²) in [4.78, 5) is 6.63. The van der Waals surface area contributed by atoms with Crippen molar-refractivity contribution in [3.8, 4) is 6.07 Å². The quantitative estimate of drug-likeness (QED) is 0.602. The van der Waals surface area contributed by atoms with Crippen LogP contribution in [0.25, 0.3) is 0 Å². The Morgan fingerprint density at radius 3 is 2.41 bits per heavy atom. The van der Waals surface area contributed by atoms with E-state index in [1.165, 1.54) is 6.20 Å². The number of aryl methyl sites for hydroxylation is 1. The molecule has 1 aromatic rings. The molecule has 0 saturated carbocycles. The zero-order valence-electron chi connectivity index (χ0n) is 15.2. The first kappa shape index (κ1) is 22.2. The number of aromatic nitrogens is 2. The SMILES string of the molecule is C=C/C(=N\c1c(C#N)cnn1C)N(CC)CCC.CC.CC. The summed E-state index contributed by atoms with van der Waals surface area (Å²) in [6.07, 6.45) is 4.28. The minimum atomic E-state index is 0.476. The number of nitriles is 1. The highest BCUT2D eigenvalue weighted by atomic mass is 15.3. The fraction of sp³-hybridized carbons (Fsp3) is 0.588.